The molecule has 0 aromatic carbocycles. The maximum Gasteiger partial charge on any atom is 0.394 e. The van der Waals surface area contributed by atoms with Gasteiger partial charge in [-0.2, -0.15) is 8.42 Å². The van der Waals surface area contributed by atoms with Crippen molar-refractivity contribution in [2.24, 2.45) is 0 Å². The standard InChI is InChI=1S/Cl5P.H2O4S/c1-6(2,3,4)5;1-5(2,3)4/h;(H2,1,2,3,4). The van der Waals surface area contributed by atoms with Gasteiger partial charge in [-0.1, -0.05) is 0 Å². The molecule has 2 N–H and O–H groups in total. The van der Waals surface area contributed by atoms with Crippen LogP contribution in [-0.4, -0.2) is 17.5 Å². The Kier molecular flexibility index (Phi) is 5.97. The van der Waals surface area contributed by atoms with Gasteiger partial charge in [0.1, 0.15) is 0 Å². The van der Waals surface area contributed by atoms with Crippen LogP contribution < -0.4 is 0 Å². The molecule has 0 radical (unpaired) electrons. The van der Waals surface area contributed by atoms with E-state index >= 15 is 0 Å². The molecular formula is H2Cl5O4PS. The first-order chi connectivity index (χ1) is 4.24. The van der Waals surface area contributed by atoms with E-state index in [4.69, 9.17) is 73.7 Å². The van der Waals surface area contributed by atoms with Crippen LogP contribution in [0.2, 0.25) is 0 Å². The number of hydrogen-bond acceptors (Lipinski definition) is 2. The van der Waals surface area contributed by atoms with E-state index in [1.807, 2.05) is 0 Å². The molecule has 0 bridgehead atoms. The Morgan fingerprint density at radius 2 is 0.909 bits per heavy atom. The van der Waals surface area contributed by atoms with E-state index in [1.54, 1.807) is 0 Å². The maximum absolute atomic E-state index is 8.74. The van der Waals surface area contributed by atoms with E-state index in [9.17, 15) is 0 Å². The summed E-state index contributed by atoms with van der Waals surface area (Å²) in [5.74, 6) is 0. The zero-order valence-corrected chi connectivity index (χ0v) is 9.95. The molecule has 0 amide bonds. The van der Waals surface area contributed by atoms with Gasteiger partial charge < -0.3 is 0 Å². The molecule has 0 spiro atoms. The fourth-order valence-electron chi connectivity index (χ4n) is 0. The Bertz CT molecular complexity index is 183. The van der Waals surface area contributed by atoms with Gasteiger partial charge in [0.25, 0.3) is 0 Å². The van der Waals surface area contributed by atoms with Gasteiger partial charge in [-0.05, 0) is 0 Å². The first kappa shape index (κ1) is 15.2. The molecule has 0 saturated heterocycles. The van der Waals surface area contributed by atoms with Crippen molar-refractivity contribution in [1.82, 2.24) is 0 Å². The largest absolute Gasteiger partial charge is 0.394 e. The van der Waals surface area contributed by atoms with Crippen LogP contribution in [0.25, 0.3) is 0 Å². The van der Waals surface area contributed by atoms with Gasteiger partial charge in [-0.25, -0.2) is 0 Å². The van der Waals surface area contributed by atoms with Crippen LogP contribution in [0.3, 0.4) is 0 Å². The number of rotatable bonds is 0. The summed E-state index contributed by atoms with van der Waals surface area (Å²) in [7, 11) is -4.67. The van der Waals surface area contributed by atoms with E-state index in [2.05, 4.69) is 0 Å². The van der Waals surface area contributed by atoms with Crippen LogP contribution in [0.4, 0.5) is 0 Å². The molecule has 0 atom stereocenters. The minimum atomic E-state index is -4.67. The third-order valence-electron chi connectivity index (χ3n) is 0. The Balaban J connectivity index is 0. The Morgan fingerprint density at radius 3 is 0.909 bits per heavy atom. The first-order valence-corrected chi connectivity index (χ1v) is 9.70. The number of halogens is 5. The van der Waals surface area contributed by atoms with E-state index in [0.29, 0.717) is 0 Å². The average Bonchev–Trinajstić information content (AvgIpc) is 1.07. The summed E-state index contributed by atoms with van der Waals surface area (Å²) in [5.41, 5.74) is 0. The molecular weight excluding hydrogens is 304 g/mol. The number of hydrogen-bond donors (Lipinski definition) is 2. The third kappa shape index (κ3) is 365. The van der Waals surface area contributed by atoms with Gasteiger partial charge in [0.05, 0.1) is 0 Å². The van der Waals surface area contributed by atoms with Crippen molar-refractivity contribution < 1.29 is 17.5 Å². The summed E-state index contributed by atoms with van der Waals surface area (Å²) in [6.07, 6.45) is 0. The second-order valence-electron chi connectivity index (χ2n) is 1.09. The predicted octanol–water partition coefficient (Wildman–Crippen LogP) is 3.66. The summed E-state index contributed by atoms with van der Waals surface area (Å²) in [5, 5.41) is 0. The molecule has 0 aliphatic carbocycles. The van der Waals surface area contributed by atoms with E-state index < -0.39 is 13.8 Å². The smallest absolute Gasteiger partial charge is 0.264 e. The molecule has 4 nitrogen and oxygen atoms in total. The molecule has 0 unspecified atom stereocenters. The third-order valence-corrected chi connectivity index (χ3v) is 0. The van der Waals surface area contributed by atoms with Crippen molar-refractivity contribution >= 4 is 70.0 Å². The fraction of sp³-hybridized carbons (Fsp3) is 0. The van der Waals surface area contributed by atoms with Crippen molar-refractivity contribution in [2.75, 3.05) is 0 Å². The van der Waals surface area contributed by atoms with Crippen molar-refractivity contribution in [2.45, 2.75) is 0 Å². The molecule has 11 heteroatoms. The van der Waals surface area contributed by atoms with Crippen LogP contribution in [0.15, 0.2) is 0 Å². The zero-order valence-electron chi connectivity index (χ0n) is 4.46. The summed E-state index contributed by atoms with van der Waals surface area (Å²) < 4.78 is 27.9. The minimum Gasteiger partial charge on any atom is -0.264 e. The SMILES string of the molecule is ClP(Cl)(Cl)(Cl)Cl.O=S(=O)(O)O. The second kappa shape index (κ2) is 4.31. The fourth-order valence-corrected chi connectivity index (χ4v) is 0. The first-order valence-electron chi connectivity index (χ1n) is 1.54. The van der Waals surface area contributed by atoms with Crippen molar-refractivity contribution in [3.8, 4) is 0 Å². The van der Waals surface area contributed by atoms with Crippen LogP contribution in [0.5, 0.6) is 0 Å². The van der Waals surface area contributed by atoms with Crippen LogP contribution in [0.1, 0.15) is 0 Å². The topological polar surface area (TPSA) is 74.6 Å². The maximum atomic E-state index is 8.74. The van der Waals surface area contributed by atoms with E-state index in [-0.39, 0.29) is 0 Å². The molecule has 0 heterocycles. The van der Waals surface area contributed by atoms with Gasteiger partial charge in [0.2, 0.25) is 0 Å². The van der Waals surface area contributed by atoms with Crippen LogP contribution in [0, 0.1) is 0 Å². The molecule has 0 aliphatic heterocycles. The van der Waals surface area contributed by atoms with E-state index in [0.717, 1.165) is 0 Å². The van der Waals surface area contributed by atoms with Crippen molar-refractivity contribution in [3.63, 3.8) is 0 Å². The molecule has 0 saturated carbocycles. The van der Waals surface area contributed by atoms with Crippen LogP contribution in [-0.2, 0) is 10.4 Å². The summed E-state index contributed by atoms with van der Waals surface area (Å²) >= 11 is 24.9. The summed E-state index contributed by atoms with van der Waals surface area (Å²) in [6, 6.07) is 0. The molecule has 72 valence electrons. The summed E-state index contributed by atoms with van der Waals surface area (Å²) in [4.78, 5) is 0. The normalized spacial score (nSPS) is 15.7. The predicted molar refractivity (Wildman–Crippen MR) is 50.4 cm³/mol. The molecule has 0 fully saturated rings. The molecule has 0 aromatic heterocycles. The zero-order chi connectivity index (χ0) is 9.95. The minimum absolute atomic E-state index is 3.69. The Morgan fingerprint density at radius 1 is 0.909 bits per heavy atom. The van der Waals surface area contributed by atoms with Gasteiger partial charge in [-0.3, -0.25) is 9.11 Å². The van der Waals surface area contributed by atoms with Gasteiger partial charge in [0.15, 0.2) is 0 Å². The Labute approximate surface area is 87.2 Å². The molecule has 0 aromatic rings. The molecule has 0 aliphatic rings. The quantitative estimate of drug-likeness (QED) is 0.529. The average molecular weight is 306 g/mol. The van der Waals surface area contributed by atoms with Crippen molar-refractivity contribution in [1.29, 1.82) is 0 Å². The summed E-state index contributed by atoms with van der Waals surface area (Å²) in [6.45, 7) is 0. The van der Waals surface area contributed by atoms with Crippen LogP contribution >= 0.6 is 59.6 Å². The molecule has 11 heavy (non-hydrogen) atoms. The van der Waals surface area contributed by atoms with Gasteiger partial charge >= 0.3 is 70.0 Å². The second-order valence-corrected chi connectivity index (χ2v) is 18.6. The van der Waals surface area contributed by atoms with Gasteiger partial charge in [-0.15, -0.1) is 0 Å². The monoisotopic (exact) mass is 304 g/mol. The Hall–Kier alpha value is 1.75. The van der Waals surface area contributed by atoms with Gasteiger partial charge in [0, 0.05) is 0 Å². The van der Waals surface area contributed by atoms with Crippen molar-refractivity contribution in [3.05, 3.63) is 0 Å². The molecule has 0 rings (SSSR count). The van der Waals surface area contributed by atoms with E-state index in [1.165, 1.54) is 0 Å².